The number of benzene rings is 2. The summed E-state index contributed by atoms with van der Waals surface area (Å²) in [5, 5.41) is 11.9. The molecule has 1 aromatic heterocycles. The molecule has 44 heavy (non-hydrogen) atoms. The summed E-state index contributed by atoms with van der Waals surface area (Å²) in [5.74, 6) is -1.31. The lowest BCUT2D eigenvalue weighted by atomic mass is 9.96. The molecule has 4 heterocycles. The fourth-order valence-electron chi connectivity index (χ4n) is 6.35. The summed E-state index contributed by atoms with van der Waals surface area (Å²) in [5.41, 5.74) is 12.5. The number of rotatable bonds is 10. The van der Waals surface area contributed by atoms with Gasteiger partial charge in [0.25, 0.3) is 0 Å². The van der Waals surface area contributed by atoms with E-state index >= 15 is 0 Å². The minimum Gasteiger partial charge on any atom is -0.353 e. The number of hydrogen-bond donors (Lipinski definition) is 6. The maximum absolute atomic E-state index is 14.1. The first-order chi connectivity index (χ1) is 21.3. The lowest BCUT2D eigenvalue weighted by molar-refractivity contribution is -0.133. The average Bonchev–Trinajstić information content (AvgIpc) is 3.77. The summed E-state index contributed by atoms with van der Waals surface area (Å²) in [6, 6.07) is 11.5. The van der Waals surface area contributed by atoms with Gasteiger partial charge in [0.05, 0.1) is 18.2 Å². The van der Waals surface area contributed by atoms with Gasteiger partial charge in [-0.1, -0.05) is 56.7 Å². The Hall–Kier alpha value is -3.84. The highest BCUT2D eigenvalue weighted by atomic mass is 32.1. The fourth-order valence-corrected chi connectivity index (χ4v) is 7.31. The number of nitrogens with zero attached hydrogens (tertiary/aromatic N) is 1. The van der Waals surface area contributed by atoms with Gasteiger partial charge in [0, 0.05) is 24.2 Å². The van der Waals surface area contributed by atoms with Gasteiger partial charge in [-0.3, -0.25) is 24.1 Å². The quantitative estimate of drug-likeness (QED) is 0.202. The molecule has 0 radical (unpaired) electrons. The van der Waals surface area contributed by atoms with E-state index in [-0.39, 0.29) is 42.0 Å². The molecule has 11 nitrogen and oxygen atoms in total. The molecule has 2 aromatic carbocycles. The molecule has 0 aliphatic carbocycles. The van der Waals surface area contributed by atoms with Crippen molar-refractivity contribution in [1.29, 1.82) is 0 Å². The standard InChI is InChI=1S/C32H39N7O4S/c1-3-18(2)28(36-27(40)14-21-17-44-26-10-5-4-9-23(21)26)31(42)35-24-12-11-19-7-6-8-20-13-25(39(29(19)20)32(24)43)30(41)33-15-22-16-34-38-37-22/h4-10,17-18,22,24-25,28,34,37-38H,3,11-16H2,1-2H3,(H,33,41)(H,35,42)(H,36,40)/t18-,22?,24+,25+,28+/m1/s1. The second kappa shape index (κ2) is 13.0. The molecule has 6 N–H and O–H groups in total. The predicted molar refractivity (Wildman–Crippen MR) is 170 cm³/mol. The lowest BCUT2D eigenvalue weighted by Gasteiger charge is -2.30. The summed E-state index contributed by atoms with van der Waals surface area (Å²) in [6.07, 6.45) is 2.23. The fraction of sp³-hybridized carbons (Fsp3) is 0.438. The van der Waals surface area contributed by atoms with E-state index in [1.165, 1.54) is 0 Å². The van der Waals surface area contributed by atoms with Crippen molar-refractivity contribution in [1.82, 2.24) is 32.3 Å². The molecule has 6 rings (SSSR count). The van der Waals surface area contributed by atoms with E-state index in [9.17, 15) is 19.2 Å². The van der Waals surface area contributed by atoms with Gasteiger partial charge in [-0.25, -0.2) is 10.9 Å². The number of anilines is 1. The summed E-state index contributed by atoms with van der Waals surface area (Å²) in [6.45, 7) is 4.95. The van der Waals surface area contributed by atoms with E-state index in [1.807, 2.05) is 61.7 Å². The highest BCUT2D eigenvalue weighted by Gasteiger charge is 2.44. The third-order valence-corrected chi connectivity index (χ3v) is 10.00. The first-order valence-corrected chi connectivity index (χ1v) is 16.2. The summed E-state index contributed by atoms with van der Waals surface area (Å²) in [4.78, 5) is 56.1. The number of thiophene rings is 1. The number of amides is 4. The molecule has 0 saturated carbocycles. The molecule has 3 aliphatic rings. The molecule has 0 spiro atoms. The summed E-state index contributed by atoms with van der Waals surface area (Å²) < 4.78 is 1.11. The molecule has 12 heteroatoms. The van der Waals surface area contributed by atoms with Crippen molar-refractivity contribution in [3.8, 4) is 0 Å². The zero-order valence-electron chi connectivity index (χ0n) is 24.9. The number of carbonyl (C=O) groups is 4. The van der Waals surface area contributed by atoms with Crippen LogP contribution in [0.25, 0.3) is 10.1 Å². The van der Waals surface area contributed by atoms with Crippen LogP contribution in [0.5, 0.6) is 0 Å². The van der Waals surface area contributed by atoms with Crippen molar-refractivity contribution in [2.24, 2.45) is 5.92 Å². The van der Waals surface area contributed by atoms with Crippen molar-refractivity contribution in [2.75, 3.05) is 18.0 Å². The van der Waals surface area contributed by atoms with Gasteiger partial charge in [0.15, 0.2) is 0 Å². The molecule has 3 aliphatic heterocycles. The monoisotopic (exact) mass is 617 g/mol. The van der Waals surface area contributed by atoms with E-state index in [4.69, 9.17) is 0 Å². The van der Waals surface area contributed by atoms with Crippen molar-refractivity contribution in [3.05, 3.63) is 64.5 Å². The van der Waals surface area contributed by atoms with E-state index in [0.717, 1.165) is 32.5 Å². The summed E-state index contributed by atoms with van der Waals surface area (Å²) >= 11 is 1.59. The van der Waals surface area contributed by atoms with Crippen LogP contribution in [0.4, 0.5) is 5.69 Å². The number of carbonyl (C=O) groups excluding carboxylic acids is 4. The first-order valence-electron chi connectivity index (χ1n) is 15.3. The van der Waals surface area contributed by atoms with E-state index < -0.39 is 18.1 Å². The van der Waals surface area contributed by atoms with Crippen LogP contribution in [-0.4, -0.2) is 60.9 Å². The number of nitrogens with one attached hydrogen (secondary N) is 6. The van der Waals surface area contributed by atoms with Crippen LogP contribution in [0.1, 0.15) is 43.4 Å². The van der Waals surface area contributed by atoms with Crippen molar-refractivity contribution in [3.63, 3.8) is 0 Å². The number of aryl methyl sites for hydroxylation is 1. The van der Waals surface area contributed by atoms with Gasteiger partial charge in [-0.15, -0.1) is 11.3 Å². The van der Waals surface area contributed by atoms with Crippen LogP contribution < -0.4 is 37.2 Å². The van der Waals surface area contributed by atoms with Gasteiger partial charge < -0.3 is 16.0 Å². The van der Waals surface area contributed by atoms with Crippen LogP contribution in [0.2, 0.25) is 0 Å². The predicted octanol–water partition coefficient (Wildman–Crippen LogP) is 1.46. The van der Waals surface area contributed by atoms with Crippen molar-refractivity contribution >= 4 is 50.7 Å². The van der Waals surface area contributed by atoms with Crippen molar-refractivity contribution in [2.45, 2.75) is 70.1 Å². The van der Waals surface area contributed by atoms with Crippen LogP contribution in [0.15, 0.2) is 47.8 Å². The zero-order valence-corrected chi connectivity index (χ0v) is 25.8. The number of hydrazine groups is 2. The molecule has 4 amide bonds. The second-order valence-corrected chi connectivity index (χ2v) is 12.8. The van der Waals surface area contributed by atoms with Gasteiger partial charge in [-0.05, 0) is 52.3 Å². The SMILES string of the molecule is CC[C@@H](C)[C@H](NC(=O)Cc1csc2ccccc12)C(=O)N[C@H]1CCc2cccc3c2N(C1=O)[C@H](C(=O)NCC1CNNN1)C3. The maximum Gasteiger partial charge on any atom is 0.250 e. The molecule has 1 unspecified atom stereocenters. The highest BCUT2D eigenvalue weighted by Crippen LogP contribution is 2.39. The minimum absolute atomic E-state index is 0.0244. The Morgan fingerprint density at radius 3 is 2.73 bits per heavy atom. The van der Waals surface area contributed by atoms with Gasteiger partial charge in [0.1, 0.15) is 18.1 Å². The van der Waals surface area contributed by atoms with Crippen LogP contribution >= 0.6 is 11.3 Å². The van der Waals surface area contributed by atoms with E-state index in [2.05, 4.69) is 32.3 Å². The third-order valence-electron chi connectivity index (χ3n) is 8.99. The van der Waals surface area contributed by atoms with Gasteiger partial charge in [-0.2, -0.15) is 5.53 Å². The Morgan fingerprint density at radius 2 is 1.93 bits per heavy atom. The lowest BCUT2D eigenvalue weighted by Crippen LogP contribution is -2.58. The molecule has 1 fully saturated rings. The highest BCUT2D eigenvalue weighted by molar-refractivity contribution is 7.17. The number of fused-ring (bicyclic) bond motifs is 1. The third kappa shape index (κ3) is 6.07. The second-order valence-electron chi connectivity index (χ2n) is 11.9. The number of para-hydroxylation sites is 1. The van der Waals surface area contributed by atoms with Crippen molar-refractivity contribution < 1.29 is 19.2 Å². The molecule has 3 aromatic rings. The molecule has 0 bridgehead atoms. The Kier molecular flexibility index (Phi) is 8.94. The molecule has 5 atom stereocenters. The average molecular weight is 618 g/mol. The zero-order chi connectivity index (χ0) is 30.8. The minimum atomic E-state index is -0.828. The van der Waals surface area contributed by atoms with Crippen LogP contribution in [0.3, 0.4) is 0 Å². The molecule has 232 valence electrons. The molecular weight excluding hydrogens is 578 g/mol. The van der Waals surface area contributed by atoms with E-state index in [1.54, 1.807) is 16.2 Å². The first kappa shape index (κ1) is 30.2. The smallest absolute Gasteiger partial charge is 0.250 e. The topological polar surface area (TPSA) is 144 Å². The summed E-state index contributed by atoms with van der Waals surface area (Å²) in [7, 11) is 0. The Morgan fingerprint density at radius 1 is 1.11 bits per heavy atom. The largest absolute Gasteiger partial charge is 0.353 e. The van der Waals surface area contributed by atoms with Gasteiger partial charge >= 0.3 is 0 Å². The van der Waals surface area contributed by atoms with Crippen LogP contribution in [-0.2, 0) is 38.4 Å². The van der Waals surface area contributed by atoms with E-state index in [0.29, 0.717) is 38.8 Å². The number of hydrogen-bond acceptors (Lipinski definition) is 8. The van der Waals surface area contributed by atoms with Crippen LogP contribution in [0, 0.1) is 5.92 Å². The maximum atomic E-state index is 14.1. The molecule has 1 saturated heterocycles. The Balaban J connectivity index is 1.17. The molecular formula is C32H39N7O4S. The van der Waals surface area contributed by atoms with Gasteiger partial charge in [0.2, 0.25) is 23.6 Å². The Labute approximate surface area is 260 Å². The normalized spacial score (nSPS) is 22.3. The Bertz CT molecular complexity index is 1570.